The van der Waals surface area contributed by atoms with Crippen molar-refractivity contribution in [2.45, 2.75) is 109 Å². The molecular formula is C18H39O5P. The summed E-state index contributed by atoms with van der Waals surface area (Å²) in [5, 5.41) is 9.02. The van der Waals surface area contributed by atoms with Crippen LogP contribution in [0.5, 0.6) is 0 Å². The van der Waals surface area contributed by atoms with Crippen molar-refractivity contribution in [1.29, 1.82) is 0 Å². The summed E-state index contributed by atoms with van der Waals surface area (Å²) in [6, 6.07) is 0. The van der Waals surface area contributed by atoms with Crippen molar-refractivity contribution in [3.63, 3.8) is 0 Å². The Morgan fingerprint density at radius 2 is 1.12 bits per heavy atom. The van der Waals surface area contributed by atoms with Gasteiger partial charge in [0, 0.05) is 0 Å². The molecule has 0 saturated heterocycles. The molecule has 0 aliphatic heterocycles. The molecule has 3 N–H and O–H groups in total. The van der Waals surface area contributed by atoms with E-state index in [-0.39, 0.29) is 6.61 Å². The van der Waals surface area contributed by atoms with Crippen LogP contribution in [-0.4, -0.2) is 27.6 Å². The van der Waals surface area contributed by atoms with Crippen molar-refractivity contribution in [3.8, 4) is 0 Å². The van der Waals surface area contributed by atoms with Crippen molar-refractivity contribution in [2.75, 3.05) is 6.61 Å². The van der Waals surface area contributed by atoms with E-state index in [0.29, 0.717) is 6.42 Å². The lowest BCUT2D eigenvalue weighted by Gasteiger charge is -2.15. The third kappa shape index (κ3) is 18.4. The summed E-state index contributed by atoms with van der Waals surface area (Å²) in [4.78, 5) is 17.4. The minimum Gasteiger partial charge on any atom is -0.394 e. The zero-order valence-electron chi connectivity index (χ0n) is 15.5. The fraction of sp³-hybridized carbons (Fsp3) is 1.00. The molecule has 0 amide bonds. The lowest BCUT2D eigenvalue weighted by Crippen LogP contribution is -2.16. The predicted molar refractivity (Wildman–Crippen MR) is 98.9 cm³/mol. The van der Waals surface area contributed by atoms with Crippen molar-refractivity contribution < 1.29 is 24.0 Å². The average Bonchev–Trinajstić information content (AvgIpc) is 2.53. The number of unbranched alkanes of at least 4 members (excludes halogenated alkanes) is 13. The van der Waals surface area contributed by atoms with Crippen LogP contribution in [0, 0.1) is 0 Å². The first kappa shape index (κ1) is 24.1. The van der Waals surface area contributed by atoms with E-state index in [1.54, 1.807) is 0 Å². The highest BCUT2D eigenvalue weighted by atomic mass is 31.2. The molecule has 1 unspecified atom stereocenters. The van der Waals surface area contributed by atoms with Gasteiger partial charge < -0.3 is 14.9 Å². The molecular weight excluding hydrogens is 327 g/mol. The summed E-state index contributed by atoms with van der Waals surface area (Å²) in [6.07, 6.45) is 17.5. The second kappa shape index (κ2) is 16.5. The van der Waals surface area contributed by atoms with E-state index < -0.39 is 13.9 Å². The minimum absolute atomic E-state index is 0.344. The van der Waals surface area contributed by atoms with Crippen molar-refractivity contribution in [2.24, 2.45) is 0 Å². The number of rotatable bonds is 18. The van der Waals surface area contributed by atoms with Crippen LogP contribution in [0.4, 0.5) is 0 Å². The molecule has 0 saturated carbocycles. The van der Waals surface area contributed by atoms with Crippen LogP contribution in [0.25, 0.3) is 0 Å². The number of phosphoric ester groups is 1. The Kier molecular flexibility index (Phi) is 16.6. The van der Waals surface area contributed by atoms with E-state index in [1.165, 1.54) is 70.6 Å². The summed E-state index contributed by atoms with van der Waals surface area (Å²) in [6.45, 7) is 1.91. The van der Waals surface area contributed by atoms with Crippen molar-refractivity contribution in [3.05, 3.63) is 0 Å². The lowest BCUT2D eigenvalue weighted by molar-refractivity contribution is 0.0729. The van der Waals surface area contributed by atoms with Gasteiger partial charge in [-0.25, -0.2) is 4.57 Å². The molecule has 0 aromatic rings. The quantitative estimate of drug-likeness (QED) is 0.225. The standard InChI is InChI=1S/C18H39O5P/c1-2-3-4-5-6-7-8-9-10-11-12-13-14-15-16-18(17-19)23-24(20,21)22/h18-19H,2-17H2,1H3,(H2,20,21,22). The summed E-state index contributed by atoms with van der Waals surface area (Å²) in [5.41, 5.74) is 0. The molecule has 0 radical (unpaired) electrons. The van der Waals surface area contributed by atoms with Gasteiger partial charge in [0.1, 0.15) is 0 Å². The molecule has 0 aliphatic rings. The van der Waals surface area contributed by atoms with Gasteiger partial charge in [0.15, 0.2) is 0 Å². The largest absolute Gasteiger partial charge is 0.469 e. The molecule has 0 aromatic heterocycles. The molecule has 24 heavy (non-hydrogen) atoms. The van der Waals surface area contributed by atoms with Gasteiger partial charge in [0.25, 0.3) is 0 Å². The van der Waals surface area contributed by atoms with Crippen molar-refractivity contribution in [1.82, 2.24) is 0 Å². The summed E-state index contributed by atoms with van der Waals surface area (Å²) < 4.78 is 15.2. The monoisotopic (exact) mass is 366 g/mol. The SMILES string of the molecule is CCCCCCCCCCCCCCCCC(CO)OP(=O)(O)O. The highest BCUT2D eigenvalue weighted by Crippen LogP contribution is 2.38. The molecule has 0 heterocycles. The van der Waals surface area contributed by atoms with E-state index in [1.807, 2.05) is 0 Å². The zero-order chi connectivity index (χ0) is 18.1. The normalized spacial score (nSPS) is 13.3. The Bertz CT molecular complexity index is 306. The van der Waals surface area contributed by atoms with E-state index in [0.717, 1.165) is 19.3 Å². The number of hydrogen-bond acceptors (Lipinski definition) is 3. The predicted octanol–water partition coefficient (Wildman–Crippen LogP) is 5.33. The maximum absolute atomic E-state index is 10.7. The second-order valence-electron chi connectivity index (χ2n) is 6.79. The van der Waals surface area contributed by atoms with Crippen LogP contribution >= 0.6 is 7.82 Å². The van der Waals surface area contributed by atoms with Crippen LogP contribution in [0.15, 0.2) is 0 Å². The van der Waals surface area contributed by atoms with Gasteiger partial charge in [-0.3, -0.25) is 4.52 Å². The molecule has 0 rings (SSSR count). The Morgan fingerprint density at radius 1 is 0.750 bits per heavy atom. The van der Waals surface area contributed by atoms with Gasteiger partial charge in [0.2, 0.25) is 0 Å². The Hall–Kier alpha value is 0.0700. The molecule has 0 aromatic carbocycles. The Labute approximate surface area is 148 Å². The highest BCUT2D eigenvalue weighted by Gasteiger charge is 2.21. The summed E-state index contributed by atoms with van der Waals surface area (Å²) in [5.74, 6) is 0. The average molecular weight is 366 g/mol. The van der Waals surface area contributed by atoms with Crippen LogP contribution < -0.4 is 0 Å². The minimum atomic E-state index is -4.49. The first-order valence-electron chi connectivity index (χ1n) is 9.84. The summed E-state index contributed by atoms with van der Waals surface area (Å²) in [7, 11) is -4.49. The first-order chi connectivity index (χ1) is 11.5. The van der Waals surface area contributed by atoms with Crippen LogP contribution in [0.2, 0.25) is 0 Å². The van der Waals surface area contributed by atoms with Crippen LogP contribution in [0.3, 0.4) is 0 Å². The topological polar surface area (TPSA) is 87.0 Å². The lowest BCUT2D eigenvalue weighted by atomic mass is 10.0. The van der Waals surface area contributed by atoms with Crippen LogP contribution in [0.1, 0.15) is 103 Å². The van der Waals surface area contributed by atoms with Gasteiger partial charge in [-0.2, -0.15) is 0 Å². The molecule has 0 aliphatic carbocycles. The molecule has 0 bridgehead atoms. The second-order valence-corrected chi connectivity index (χ2v) is 7.98. The smallest absolute Gasteiger partial charge is 0.394 e. The fourth-order valence-corrected chi connectivity index (χ4v) is 3.50. The van der Waals surface area contributed by atoms with Gasteiger partial charge in [0.05, 0.1) is 12.7 Å². The summed E-state index contributed by atoms with van der Waals surface area (Å²) >= 11 is 0. The molecule has 0 fully saturated rings. The van der Waals surface area contributed by atoms with E-state index in [9.17, 15) is 4.57 Å². The molecule has 1 atom stereocenters. The third-order valence-electron chi connectivity index (χ3n) is 4.37. The maximum Gasteiger partial charge on any atom is 0.469 e. The van der Waals surface area contributed by atoms with Gasteiger partial charge in [-0.1, -0.05) is 96.8 Å². The zero-order valence-corrected chi connectivity index (χ0v) is 16.4. The van der Waals surface area contributed by atoms with E-state index in [2.05, 4.69) is 11.4 Å². The molecule has 0 spiro atoms. The van der Waals surface area contributed by atoms with Crippen molar-refractivity contribution >= 4 is 7.82 Å². The third-order valence-corrected chi connectivity index (χ3v) is 4.94. The number of phosphoric acid groups is 1. The number of hydrogen-bond donors (Lipinski definition) is 3. The first-order valence-corrected chi connectivity index (χ1v) is 11.4. The van der Waals surface area contributed by atoms with E-state index >= 15 is 0 Å². The van der Waals surface area contributed by atoms with Gasteiger partial charge >= 0.3 is 7.82 Å². The Balaban J connectivity index is 3.26. The molecule has 5 nitrogen and oxygen atoms in total. The van der Waals surface area contributed by atoms with E-state index in [4.69, 9.17) is 14.9 Å². The number of aliphatic hydroxyl groups excluding tert-OH is 1. The maximum atomic E-state index is 10.7. The Morgan fingerprint density at radius 3 is 1.46 bits per heavy atom. The van der Waals surface area contributed by atoms with Gasteiger partial charge in [-0.15, -0.1) is 0 Å². The van der Waals surface area contributed by atoms with Crippen LogP contribution in [-0.2, 0) is 9.09 Å². The molecule has 6 heteroatoms. The fourth-order valence-electron chi connectivity index (χ4n) is 2.94. The van der Waals surface area contributed by atoms with Gasteiger partial charge in [-0.05, 0) is 6.42 Å². The number of aliphatic hydroxyl groups is 1. The highest BCUT2D eigenvalue weighted by molar-refractivity contribution is 7.46. The molecule has 146 valence electrons.